The first-order valence-electron chi connectivity index (χ1n) is 6.75. The van der Waals surface area contributed by atoms with Gasteiger partial charge in [-0.05, 0) is 67.7 Å². The lowest BCUT2D eigenvalue weighted by Crippen LogP contribution is -1.95. The van der Waals surface area contributed by atoms with Gasteiger partial charge in [0.2, 0.25) is 5.05 Å². The van der Waals surface area contributed by atoms with Crippen LogP contribution in [-0.2, 0) is 17.6 Å². The third-order valence-electron chi connectivity index (χ3n) is 3.68. The Labute approximate surface area is 128 Å². The van der Waals surface area contributed by atoms with Crippen LogP contribution in [0.2, 0.25) is 0 Å². The van der Waals surface area contributed by atoms with Crippen molar-refractivity contribution in [3.63, 3.8) is 0 Å². The molecule has 1 N–H and O–H groups in total. The van der Waals surface area contributed by atoms with Crippen molar-refractivity contribution in [3.8, 4) is 0 Å². The molecule has 1 heterocycles. The zero-order chi connectivity index (χ0) is 14.1. The summed E-state index contributed by atoms with van der Waals surface area (Å²) in [6, 6.07) is 8.75. The minimum absolute atomic E-state index is 0.556. The van der Waals surface area contributed by atoms with E-state index in [1.54, 1.807) is 18.4 Å². The highest BCUT2D eigenvalue weighted by atomic mass is 32.1. The third kappa shape index (κ3) is 2.58. The lowest BCUT2D eigenvalue weighted by molar-refractivity contribution is 0.417. The third-order valence-corrected chi connectivity index (χ3v) is 5.25. The van der Waals surface area contributed by atoms with Gasteiger partial charge in [0.1, 0.15) is 0 Å². The molecule has 1 aromatic carbocycles. The molecule has 1 aromatic heterocycles. The van der Waals surface area contributed by atoms with Crippen LogP contribution in [0.5, 0.6) is 0 Å². The van der Waals surface area contributed by atoms with E-state index in [-0.39, 0.29) is 0 Å². The summed E-state index contributed by atoms with van der Waals surface area (Å²) < 4.78 is 5.13. The topological polar surface area (TPSA) is 21.3 Å². The fourth-order valence-electron chi connectivity index (χ4n) is 2.61. The van der Waals surface area contributed by atoms with Crippen molar-refractivity contribution in [1.82, 2.24) is 0 Å². The number of thiocarbonyl (C=S) groups is 1. The molecule has 20 heavy (non-hydrogen) atoms. The highest BCUT2D eigenvalue weighted by Crippen LogP contribution is 2.31. The lowest BCUT2D eigenvalue weighted by atomic mass is 10.1. The molecule has 1 aliphatic carbocycles. The monoisotopic (exact) mass is 303 g/mol. The summed E-state index contributed by atoms with van der Waals surface area (Å²) in [6.07, 6.45) is 3.70. The van der Waals surface area contributed by atoms with Crippen LogP contribution in [0.1, 0.15) is 27.3 Å². The molecule has 0 spiro atoms. The van der Waals surface area contributed by atoms with Crippen LogP contribution in [0.3, 0.4) is 0 Å². The maximum absolute atomic E-state index is 5.18. The van der Waals surface area contributed by atoms with Gasteiger partial charge in [0.25, 0.3) is 0 Å². The minimum Gasteiger partial charge on any atom is -0.486 e. The van der Waals surface area contributed by atoms with Gasteiger partial charge in [-0.3, -0.25) is 0 Å². The Morgan fingerprint density at radius 2 is 2.05 bits per heavy atom. The van der Waals surface area contributed by atoms with Crippen LogP contribution in [0.25, 0.3) is 0 Å². The van der Waals surface area contributed by atoms with Crippen molar-refractivity contribution < 1.29 is 4.74 Å². The number of rotatable bonds is 3. The van der Waals surface area contributed by atoms with E-state index >= 15 is 0 Å². The van der Waals surface area contributed by atoms with Gasteiger partial charge >= 0.3 is 0 Å². The Bertz CT molecular complexity index is 660. The molecule has 0 bridgehead atoms. The van der Waals surface area contributed by atoms with Gasteiger partial charge < -0.3 is 10.1 Å². The number of ether oxygens (including phenoxy) is 1. The fourth-order valence-corrected chi connectivity index (χ4v) is 3.69. The van der Waals surface area contributed by atoms with Crippen molar-refractivity contribution in [1.29, 1.82) is 0 Å². The maximum atomic E-state index is 5.18. The van der Waals surface area contributed by atoms with Gasteiger partial charge in [-0.2, -0.15) is 0 Å². The molecule has 0 saturated heterocycles. The number of hydrogen-bond acceptors (Lipinski definition) is 4. The fraction of sp³-hybridized carbons (Fsp3) is 0.312. The number of methoxy groups -OCH3 is 1. The van der Waals surface area contributed by atoms with Gasteiger partial charge in [-0.1, -0.05) is 6.07 Å². The Balaban J connectivity index is 1.84. The largest absolute Gasteiger partial charge is 0.486 e. The molecule has 0 radical (unpaired) electrons. The van der Waals surface area contributed by atoms with E-state index in [0.717, 1.165) is 16.3 Å². The molecule has 104 valence electrons. The molecule has 0 saturated carbocycles. The number of benzene rings is 1. The zero-order valence-electron chi connectivity index (χ0n) is 11.7. The highest BCUT2D eigenvalue weighted by molar-refractivity contribution is 7.80. The normalized spacial score (nSPS) is 13.1. The maximum Gasteiger partial charge on any atom is 0.201 e. The second-order valence-electron chi connectivity index (χ2n) is 5.03. The molecular weight excluding hydrogens is 286 g/mol. The summed E-state index contributed by atoms with van der Waals surface area (Å²) in [7, 11) is 1.62. The molecular formula is C16H17NOS2. The van der Waals surface area contributed by atoms with Crippen LogP contribution in [0, 0.1) is 6.92 Å². The Morgan fingerprint density at radius 1 is 1.25 bits per heavy atom. The summed E-state index contributed by atoms with van der Waals surface area (Å²) in [6.45, 7) is 2.10. The molecule has 2 nitrogen and oxygen atoms in total. The average molecular weight is 303 g/mol. The second-order valence-corrected chi connectivity index (χ2v) is 6.66. The van der Waals surface area contributed by atoms with Crippen molar-refractivity contribution >= 4 is 40.0 Å². The Hall–Kier alpha value is -1.39. The van der Waals surface area contributed by atoms with E-state index in [1.807, 2.05) is 0 Å². The van der Waals surface area contributed by atoms with Gasteiger partial charge in [-0.15, -0.1) is 11.3 Å². The van der Waals surface area contributed by atoms with Crippen LogP contribution in [0.15, 0.2) is 24.3 Å². The van der Waals surface area contributed by atoms with E-state index in [9.17, 15) is 0 Å². The number of aryl methyl sites for hydroxylation is 3. The van der Waals surface area contributed by atoms with Crippen LogP contribution < -0.4 is 5.32 Å². The molecule has 0 aliphatic heterocycles. The first-order valence-corrected chi connectivity index (χ1v) is 7.97. The molecule has 0 fully saturated rings. The van der Waals surface area contributed by atoms with Gasteiger partial charge in [0.15, 0.2) is 0 Å². The Kier molecular flexibility index (Phi) is 3.76. The zero-order valence-corrected chi connectivity index (χ0v) is 13.3. The smallest absolute Gasteiger partial charge is 0.201 e. The summed E-state index contributed by atoms with van der Waals surface area (Å²) in [5.74, 6) is 0. The predicted molar refractivity (Wildman–Crippen MR) is 89.5 cm³/mol. The van der Waals surface area contributed by atoms with Crippen LogP contribution >= 0.6 is 23.6 Å². The lowest BCUT2D eigenvalue weighted by Gasteiger charge is -2.08. The summed E-state index contributed by atoms with van der Waals surface area (Å²) in [5, 5.41) is 4.05. The van der Waals surface area contributed by atoms with Gasteiger partial charge in [-0.25, -0.2) is 0 Å². The molecule has 0 atom stereocenters. The van der Waals surface area contributed by atoms with E-state index in [2.05, 4.69) is 36.5 Å². The van der Waals surface area contributed by atoms with Gasteiger partial charge in [0, 0.05) is 10.6 Å². The molecule has 0 amide bonds. The van der Waals surface area contributed by atoms with E-state index in [4.69, 9.17) is 17.0 Å². The van der Waals surface area contributed by atoms with E-state index in [1.165, 1.54) is 35.3 Å². The predicted octanol–water partition coefficient (Wildman–Crippen LogP) is 4.61. The van der Waals surface area contributed by atoms with Crippen molar-refractivity contribution in [2.75, 3.05) is 12.4 Å². The van der Waals surface area contributed by atoms with Crippen molar-refractivity contribution in [2.24, 2.45) is 0 Å². The number of anilines is 2. The van der Waals surface area contributed by atoms with Gasteiger partial charge in [0.05, 0.1) is 17.7 Å². The first kappa shape index (κ1) is 13.6. The summed E-state index contributed by atoms with van der Waals surface area (Å²) >= 11 is 6.85. The van der Waals surface area contributed by atoms with Crippen LogP contribution in [-0.4, -0.2) is 12.2 Å². The average Bonchev–Trinajstić information content (AvgIpc) is 3.05. The van der Waals surface area contributed by atoms with Crippen molar-refractivity contribution in [3.05, 3.63) is 45.1 Å². The molecule has 3 rings (SSSR count). The van der Waals surface area contributed by atoms with Crippen LogP contribution in [0.4, 0.5) is 11.4 Å². The second kappa shape index (κ2) is 5.54. The Morgan fingerprint density at radius 3 is 2.85 bits per heavy atom. The SMILES string of the molecule is COC(=S)c1cc(Nc2ccc3c(c2)CCC3)c(C)s1. The number of thiophene rings is 1. The summed E-state index contributed by atoms with van der Waals surface area (Å²) in [4.78, 5) is 2.23. The summed E-state index contributed by atoms with van der Waals surface area (Å²) in [5.41, 5.74) is 5.25. The van der Waals surface area contributed by atoms with Crippen molar-refractivity contribution in [2.45, 2.75) is 26.2 Å². The standard InChI is InChI=1S/C16H17NOS2/c1-10-14(9-15(20-10)16(19)18-2)17-13-7-6-11-4-3-5-12(11)8-13/h6-9,17H,3-5H2,1-2H3. The highest BCUT2D eigenvalue weighted by Gasteiger charge is 2.13. The molecule has 2 aromatic rings. The quantitative estimate of drug-likeness (QED) is 0.837. The molecule has 1 aliphatic rings. The number of fused-ring (bicyclic) bond motifs is 1. The van der Waals surface area contributed by atoms with E-state index in [0.29, 0.717) is 5.05 Å². The minimum atomic E-state index is 0.556. The molecule has 4 heteroatoms. The first-order chi connectivity index (χ1) is 9.67. The molecule has 0 unspecified atom stereocenters. The number of nitrogens with one attached hydrogen (secondary N) is 1. The number of hydrogen-bond donors (Lipinski definition) is 1. The van der Waals surface area contributed by atoms with E-state index < -0.39 is 0 Å².